The number of rotatable bonds is 1. The van der Waals surface area contributed by atoms with E-state index in [1.54, 1.807) is 47.1 Å². The molecule has 0 fully saturated rings. The second-order valence-electron chi connectivity index (χ2n) is 3.78. The molecular weight excluding hydrogens is 228 g/mol. The predicted octanol–water partition coefficient (Wildman–Crippen LogP) is 1.97. The molecule has 1 aromatic carbocycles. The van der Waals surface area contributed by atoms with Crippen LogP contribution in [0.25, 0.3) is 17.0 Å². The van der Waals surface area contributed by atoms with E-state index in [1.807, 2.05) is 0 Å². The van der Waals surface area contributed by atoms with Crippen LogP contribution >= 0.6 is 0 Å². The van der Waals surface area contributed by atoms with Gasteiger partial charge in [-0.3, -0.25) is 0 Å². The lowest BCUT2D eigenvalue weighted by atomic mass is 10.2. The Hall–Kier alpha value is -2.87. The molecule has 0 atom stereocenters. The fourth-order valence-electron chi connectivity index (χ4n) is 1.73. The van der Waals surface area contributed by atoms with Crippen LogP contribution in [0.1, 0.15) is 5.56 Å². The van der Waals surface area contributed by atoms with Gasteiger partial charge in [0.15, 0.2) is 11.5 Å². The molecule has 0 aliphatic rings. The van der Waals surface area contributed by atoms with Crippen LogP contribution in [0.15, 0.2) is 42.6 Å². The molecule has 0 saturated heterocycles. The molecule has 0 aliphatic heterocycles. The second kappa shape index (κ2) is 3.86. The number of hydrogen-bond acceptors (Lipinski definition) is 4. The van der Waals surface area contributed by atoms with Gasteiger partial charge in [-0.15, -0.1) is 5.10 Å². The summed E-state index contributed by atoms with van der Waals surface area (Å²) in [7, 11) is 0. The molecule has 0 saturated carbocycles. The Morgan fingerprint density at radius 1 is 1.17 bits per heavy atom. The van der Waals surface area contributed by atoms with Gasteiger partial charge in [0.2, 0.25) is 0 Å². The summed E-state index contributed by atoms with van der Waals surface area (Å²) >= 11 is 0. The zero-order chi connectivity index (χ0) is 12.5. The predicted molar refractivity (Wildman–Crippen MR) is 64.8 cm³/mol. The van der Waals surface area contributed by atoms with Gasteiger partial charge < -0.3 is 5.11 Å². The minimum atomic E-state index is 0.195. The molecule has 0 amide bonds. The Bertz CT molecular complexity index is 753. The molecule has 0 radical (unpaired) electrons. The Balaban J connectivity index is 2.20. The summed E-state index contributed by atoms with van der Waals surface area (Å²) in [6, 6.07) is 12.1. The first-order valence-corrected chi connectivity index (χ1v) is 5.33. The van der Waals surface area contributed by atoms with Crippen molar-refractivity contribution in [2.24, 2.45) is 0 Å². The number of phenols is 1. The third-order valence-corrected chi connectivity index (χ3v) is 2.61. The zero-order valence-corrected chi connectivity index (χ0v) is 9.28. The fraction of sp³-hybridized carbons (Fsp3) is 0. The van der Waals surface area contributed by atoms with E-state index in [0.717, 1.165) is 5.56 Å². The van der Waals surface area contributed by atoms with Gasteiger partial charge in [-0.1, -0.05) is 0 Å². The van der Waals surface area contributed by atoms with E-state index < -0.39 is 0 Å². The Labute approximate surface area is 103 Å². The van der Waals surface area contributed by atoms with Crippen molar-refractivity contribution in [2.45, 2.75) is 0 Å². The van der Waals surface area contributed by atoms with E-state index in [4.69, 9.17) is 5.26 Å². The van der Waals surface area contributed by atoms with Crippen LogP contribution in [-0.4, -0.2) is 19.7 Å². The van der Waals surface area contributed by atoms with Crippen molar-refractivity contribution in [1.82, 2.24) is 14.6 Å². The second-order valence-corrected chi connectivity index (χ2v) is 3.78. The van der Waals surface area contributed by atoms with E-state index in [-0.39, 0.29) is 5.75 Å². The maximum absolute atomic E-state index is 9.24. The highest BCUT2D eigenvalue weighted by atomic mass is 16.3. The monoisotopic (exact) mass is 236 g/mol. The molecule has 2 heterocycles. The first kappa shape index (κ1) is 10.3. The SMILES string of the molecule is N#Cc1cccn2nc(-c3ccc(O)cc3)nc12. The standard InChI is InChI=1S/C13H8N4O/c14-8-10-2-1-7-17-13(10)15-12(16-17)9-3-5-11(18)6-4-9/h1-7,18H. The number of aromatic nitrogens is 3. The highest BCUT2D eigenvalue weighted by Crippen LogP contribution is 2.20. The molecule has 5 nitrogen and oxygen atoms in total. The lowest BCUT2D eigenvalue weighted by Crippen LogP contribution is -1.88. The van der Waals surface area contributed by atoms with Gasteiger partial charge in [-0.25, -0.2) is 9.50 Å². The van der Waals surface area contributed by atoms with Gasteiger partial charge in [0.25, 0.3) is 0 Å². The van der Waals surface area contributed by atoms with Crippen LogP contribution < -0.4 is 0 Å². The van der Waals surface area contributed by atoms with Crippen LogP contribution in [0.5, 0.6) is 5.75 Å². The minimum absolute atomic E-state index is 0.195. The Morgan fingerprint density at radius 2 is 1.94 bits per heavy atom. The van der Waals surface area contributed by atoms with Crippen molar-refractivity contribution in [3.63, 3.8) is 0 Å². The first-order valence-electron chi connectivity index (χ1n) is 5.33. The van der Waals surface area contributed by atoms with Crippen molar-refractivity contribution in [2.75, 3.05) is 0 Å². The van der Waals surface area contributed by atoms with E-state index in [2.05, 4.69) is 16.2 Å². The molecule has 86 valence electrons. The fourth-order valence-corrected chi connectivity index (χ4v) is 1.73. The summed E-state index contributed by atoms with van der Waals surface area (Å²) < 4.78 is 1.57. The molecular formula is C13H8N4O. The maximum Gasteiger partial charge on any atom is 0.182 e. The molecule has 0 aliphatic carbocycles. The van der Waals surface area contributed by atoms with E-state index in [9.17, 15) is 5.11 Å². The smallest absolute Gasteiger partial charge is 0.182 e. The largest absolute Gasteiger partial charge is 0.508 e. The van der Waals surface area contributed by atoms with Gasteiger partial charge in [0, 0.05) is 11.8 Å². The molecule has 1 N–H and O–H groups in total. The number of benzene rings is 1. The van der Waals surface area contributed by atoms with Gasteiger partial charge in [0.05, 0.1) is 5.56 Å². The topological polar surface area (TPSA) is 74.2 Å². The summed E-state index contributed by atoms with van der Waals surface area (Å²) in [5, 5.41) is 22.5. The molecule has 0 unspecified atom stereocenters. The van der Waals surface area contributed by atoms with Gasteiger partial charge in [0.1, 0.15) is 11.8 Å². The average molecular weight is 236 g/mol. The highest BCUT2D eigenvalue weighted by Gasteiger charge is 2.09. The minimum Gasteiger partial charge on any atom is -0.508 e. The van der Waals surface area contributed by atoms with Gasteiger partial charge in [-0.05, 0) is 36.4 Å². The summed E-state index contributed by atoms with van der Waals surface area (Å²) in [5.41, 5.74) is 1.80. The highest BCUT2D eigenvalue weighted by molar-refractivity contribution is 5.62. The number of fused-ring (bicyclic) bond motifs is 1. The summed E-state index contributed by atoms with van der Waals surface area (Å²) in [4.78, 5) is 4.33. The Kier molecular flexibility index (Phi) is 2.21. The van der Waals surface area contributed by atoms with Crippen LogP contribution in [0.2, 0.25) is 0 Å². The van der Waals surface area contributed by atoms with Gasteiger partial charge in [-0.2, -0.15) is 5.26 Å². The van der Waals surface area contributed by atoms with Crippen molar-refractivity contribution in [3.05, 3.63) is 48.2 Å². The number of aromatic hydroxyl groups is 1. The average Bonchev–Trinajstić information content (AvgIpc) is 2.83. The van der Waals surface area contributed by atoms with Crippen LogP contribution in [0.3, 0.4) is 0 Å². The molecule has 3 aromatic rings. The van der Waals surface area contributed by atoms with E-state index in [1.165, 1.54) is 0 Å². The molecule has 2 aromatic heterocycles. The summed E-state index contributed by atoms with van der Waals surface area (Å²) in [6.07, 6.45) is 1.74. The van der Waals surface area contributed by atoms with Crippen molar-refractivity contribution >= 4 is 5.65 Å². The number of phenolic OH excluding ortho intramolecular Hbond substituents is 1. The normalized spacial score (nSPS) is 10.4. The summed E-state index contributed by atoms with van der Waals surface area (Å²) in [6.45, 7) is 0. The molecule has 5 heteroatoms. The van der Waals surface area contributed by atoms with E-state index >= 15 is 0 Å². The van der Waals surface area contributed by atoms with Crippen LogP contribution in [0, 0.1) is 11.3 Å². The lowest BCUT2D eigenvalue weighted by Gasteiger charge is -1.94. The van der Waals surface area contributed by atoms with Crippen molar-refractivity contribution in [3.8, 4) is 23.2 Å². The Morgan fingerprint density at radius 3 is 2.67 bits per heavy atom. The third kappa shape index (κ3) is 1.57. The molecule has 0 spiro atoms. The number of pyridine rings is 1. The first-order chi connectivity index (χ1) is 8.78. The number of nitriles is 1. The molecule has 0 bridgehead atoms. The quantitative estimate of drug-likeness (QED) is 0.701. The maximum atomic E-state index is 9.24. The van der Waals surface area contributed by atoms with Crippen molar-refractivity contribution in [1.29, 1.82) is 5.26 Å². The number of hydrogen-bond donors (Lipinski definition) is 1. The van der Waals surface area contributed by atoms with Crippen LogP contribution in [-0.2, 0) is 0 Å². The summed E-state index contributed by atoms with van der Waals surface area (Å²) in [5.74, 6) is 0.720. The molecule has 3 rings (SSSR count). The third-order valence-electron chi connectivity index (χ3n) is 2.61. The lowest BCUT2D eigenvalue weighted by molar-refractivity contribution is 0.475. The van der Waals surface area contributed by atoms with Crippen molar-refractivity contribution < 1.29 is 5.11 Å². The van der Waals surface area contributed by atoms with Crippen LogP contribution in [0.4, 0.5) is 0 Å². The van der Waals surface area contributed by atoms with E-state index in [0.29, 0.717) is 17.0 Å². The molecule has 18 heavy (non-hydrogen) atoms. The zero-order valence-electron chi connectivity index (χ0n) is 9.28. The van der Waals surface area contributed by atoms with Gasteiger partial charge >= 0.3 is 0 Å². The number of nitrogens with zero attached hydrogens (tertiary/aromatic N) is 4.